The summed E-state index contributed by atoms with van der Waals surface area (Å²) in [5.74, 6) is 0. The van der Waals surface area contributed by atoms with Gasteiger partial charge in [-0.15, -0.1) is 0 Å². The zero-order valence-electron chi connectivity index (χ0n) is 9.81. The third kappa shape index (κ3) is 2.81. The van der Waals surface area contributed by atoms with E-state index in [1.54, 1.807) is 0 Å². The summed E-state index contributed by atoms with van der Waals surface area (Å²) in [6.07, 6.45) is 0. The van der Waals surface area contributed by atoms with Crippen molar-refractivity contribution in [2.45, 2.75) is 19.5 Å². The monoisotopic (exact) mass is 244 g/mol. The number of nitrogens with two attached hydrogens (primary N) is 1. The highest BCUT2D eigenvalue weighted by molar-refractivity contribution is 7.80. The molecule has 2 aromatic rings. The smallest absolute Gasteiger partial charge is 0.0923 e. The van der Waals surface area contributed by atoms with Crippen molar-refractivity contribution in [3.8, 4) is 0 Å². The van der Waals surface area contributed by atoms with Crippen molar-refractivity contribution in [2.75, 3.05) is 0 Å². The van der Waals surface area contributed by atoms with Gasteiger partial charge in [0.25, 0.3) is 0 Å². The predicted octanol–water partition coefficient (Wildman–Crippen LogP) is 2.60. The molecule has 0 spiro atoms. The van der Waals surface area contributed by atoms with Gasteiger partial charge in [-0.2, -0.15) is 0 Å². The van der Waals surface area contributed by atoms with Crippen LogP contribution < -0.4 is 11.1 Å². The minimum absolute atomic E-state index is 0.0972. The zero-order valence-corrected chi connectivity index (χ0v) is 10.6. The second kappa shape index (κ2) is 5.25. The molecule has 0 bridgehead atoms. The third-order valence-electron chi connectivity index (χ3n) is 2.75. The van der Waals surface area contributed by atoms with Crippen molar-refractivity contribution in [1.29, 1.82) is 0 Å². The Morgan fingerprint density at radius 3 is 2.71 bits per heavy atom. The fourth-order valence-electron chi connectivity index (χ4n) is 1.79. The van der Waals surface area contributed by atoms with E-state index in [1.807, 2.05) is 13.0 Å². The molecule has 0 fully saturated rings. The molecule has 0 saturated heterocycles. The first kappa shape index (κ1) is 12.0. The van der Waals surface area contributed by atoms with Crippen molar-refractivity contribution in [2.24, 2.45) is 5.73 Å². The van der Waals surface area contributed by atoms with Gasteiger partial charge < -0.3 is 11.1 Å². The van der Waals surface area contributed by atoms with Gasteiger partial charge in [0.2, 0.25) is 0 Å². The van der Waals surface area contributed by atoms with Crippen LogP contribution in [0.4, 0.5) is 0 Å². The van der Waals surface area contributed by atoms with Gasteiger partial charge in [0.05, 0.1) is 11.0 Å². The maximum absolute atomic E-state index is 5.71. The molecule has 3 N–H and O–H groups in total. The summed E-state index contributed by atoms with van der Waals surface area (Å²) in [6.45, 7) is 2.61. The van der Waals surface area contributed by atoms with E-state index in [2.05, 4.69) is 41.7 Å². The maximum Gasteiger partial charge on any atom is 0.0923 e. The first-order valence-corrected chi connectivity index (χ1v) is 6.09. The van der Waals surface area contributed by atoms with Gasteiger partial charge in [0.1, 0.15) is 0 Å². The topological polar surface area (TPSA) is 38.0 Å². The Kier molecular flexibility index (Phi) is 3.71. The Labute approximate surface area is 107 Å². The average Bonchev–Trinajstić information content (AvgIpc) is 2.35. The number of rotatable bonds is 3. The number of fused-ring (bicyclic) bond motifs is 1. The van der Waals surface area contributed by atoms with E-state index >= 15 is 0 Å². The van der Waals surface area contributed by atoms with E-state index < -0.39 is 0 Å². The first-order chi connectivity index (χ1) is 8.18. The van der Waals surface area contributed by atoms with Crippen LogP contribution in [0.1, 0.15) is 12.5 Å². The van der Waals surface area contributed by atoms with E-state index in [0.29, 0.717) is 4.99 Å². The molecule has 2 rings (SSSR count). The first-order valence-electron chi connectivity index (χ1n) is 5.68. The quantitative estimate of drug-likeness (QED) is 0.815. The number of benzene rings is 2. The van der Waals surface area contributed by atoms with Gasteiger partial charge in [0, 0.05) is 6.54 Å². The van der Waals surface area contributed by atoms with E-state index in [4.69, 9.17) is 18.0 Å². The summed E-state index contributed by atoms with van der Waals surface area (Å²) in [4.78, 5) is 0.706. The molecule has 17 heavy (non-hydrogen) atoms. The van der Waals surface area contributed by atoms with Crippen LogP contribution in [-0.4, -0.2) is 11.0 Å². The standard InChI is InChI=1S/C14H16N2S/c1-10(15)14(17)16-9-12-7-4-6-11-5-2-3-8-13(11)12/h2-8,10H,9,15H2,1H3,(H,16,17)/t10-/m0/s1. The molecule has 0 amide bonds. The molecular weight excluding hydrogens is 228 g/mol. The molecule has 0 aromatic heterocycles. The van der Waals surface area contributed by atoms with Crippen LogP contribution in [0.15, 0.2) is 42.5 Å². The average molecular weight is 244 g/mol. The van der Waals surface area contributed by atoms with Crippen LogP contribution in [0.2, 0.25) is 0 Å². The van der Waals surface area contributed by atoms with Gasteiger partial charge in [-0.1, -0.05) is 54.7 Å². The van der Waals surface area contributed by atoms with Gasteiger partial charge in [-0.25, -0.2) is 0 Å². The second-order valence-corrected chi connectivity index (χ2v) is 4.58. The molecule has 0 aliphatic rings. The fourth-order valence-corrected chi connectivity index (χ4v) is 1.86. The Morgan fingerprint density at radius 2 is 1.94 bits per heavy atom. The van der Waals surface area contributed by atoms with Crippen molar-refractivity contribution >= 4 is 28.0 Å². The third-order valence-corrected chi connectivity index (χ3v) is 3.26. The molecule has 88 valence electrons. The molecule has 2 aromatic carbocycles. The van der Waals surface area contributed by atoms with E-state index in [-0.39, 0.29) is 6.04 Å². The van der Waals surface area contributed by atoms with Crippen LogP contribution in [0, 0.1) is 0 Å². The molecule has 0 aliphatic heterocycles. The summed E-state index contributed by atoms with van der Waals surface area (Å²) in [7, 11) is 0. The summed E-state index contributed by atoms with van der Waals surface area (Å²) < 4.78 is 0. The largest absolute Gasteiger partial charge is 0.374 e. The molecule has 3 heteroatoms. The summed E-state index contributed by atoms with van der Waals surface area (Å²) in [5.41, 5.74) is 6.95. The lowest BCUT2D eigenvalue weighted by Gasteiger charge is -2.12. The molecule has 0 saturated carbocycles. The number of hydrogen-bond donors (Lipinski definition) is 2. The van der Waals surface area contributed by atoms with E-state index in [9.17, 15) is 0 Å². The lowest BCUT2D eigenvalue weighted by molar-refractivity contribution is 0.862. The normalized spacial score (nSPS) is 12.4. The highest BCUT2D eigenvalue weighted by Crippen LogP contribution is 2.18. The van der Waals surface area contributed by atoms with Gasteiger partial charge in [-0.3, -0.25) is 0 Å². The van der Waals surface area contributed by atoms with Crippen LogP contribution in [0.3, 0.4) is 0 Å². The van der Waals surface area contributed by atoms with E-state index in [0.717, 1.165) is 6.54 Å². The number of nitrogens with one attached hydrogen (secondary N) is 1. The Balaban J connectivity index is 2.21. The second-order valence-electron chi connectivity index (χ2n) is 4.14. The van der Waals surface area contributed by atoms with Crippen LogP contribution >= 0.6 is 12.2 Å². The lowest BCUT2D eigenvalue weighted by atomic mass is 10.0. The minimum atomic E-state index is -0.0972. The SMILES string of the molecule is C[C@H](N)C(=S)NCc1cccc2ccccc12. The summed E-state index contributed by atoms with van der Waals surface area (Å²) >= 11 is 5.16. The van der Waals surface area contributed by atoms with Gasteiger partial charge >= 0.3 is 0 Å². The maximum atomic E-state index is 5.71. The van der Waals surface area contributed by atoms with Crippen LogP contribution in [-0.2, 0) is 6.54 Å². The molecule has 0 heterocycles. The molecule has 1 atom stereocenters. The molecule has 0 aliphatic carbocycles. The highest BCUT2D eigenvalue weighted by Gasteiger charge is 2.04. The lowest BCUT2D eigenvalue weighted by Crippen LogP contribution is -2.36. The number of thiocarbonyl (C=S) groups is 1. The minimum Gasteiger partial charge on any atom is -0.374 e. The molecule has 2 nitrogen and oxygen atoms in total. The van der Waals surface area contributed by atoms with Crippen molar-refractivity contribution in [1.82, 2.24) is 5.32 Å². The summed E-state index contributed by atoms with van der Waals surface area (Å²) in [6, 6.07) is 14.5. The Hall–Kier alpha value is -1.45. The van der Waals surface area contributed by atoms with Crippen molar-refractivity contribution in [3.05, 3.63) is 48.0 Å². The van der Waals surface area contributed by atoms with Crippen molar-refractivity contribution < 1.29 is 0 Å². The Bertz CT molecular complexity index is 529. The molecule has 0 radical (unpaired) electrons. The predicted molar refractivity (Wildman–Crippen MR) is 77.0 cm³/mol. The molecular formula is C14H16N2S. The highest BCUT2D eigenvalue weighted by atomic mass is 32.1. The fraction of sp³-hybridized carbons (Fsp3) is 0.214. The van der Waals surface area contributed by atoms with Crippen LogP contribution in [0.25, 0.3) is 10.8 Å². The number of hydrogen-bond acceptors (Lipinski definition) is 2. The Morgan fingerprint density at radius 1 is 1.24 bits per heavy atom. The van der Waals surface area contributed by atoms with Gasteiger partial charge in [0.15, 0.2) is 0 Å². The molecule has 0 unspecified atom stereocenters. The van der Waals surface area contributed by atoms with E-state index in [1.165, 1.54) is 16.3 Å². The van der Waals surface area contributed by atoms with Crippen molar-refractivity contribution in [3.63, 3.8) is 0 Å². The van der Waals surface area contributed by atoms with Crippen LogP contribution in [0.5, 0.6) is 0 Å². The van der Waals surface area contributed by atoms with Gasteiger partial charge in [-0.05, 0) is 23.3 Å². The summed E-state index contributed by atoms with van der Waals surface area (Å²) in [5, 5.41) is 5.70. The zero-order chi connectivity index (χ0) is 12.3.